The van der Waals surface area contributed by atoms with Gasteiger partial charge in [0, 0.05) is 4.88 Å². The van der Waals surface area contributed by atoms with Crippen molar-refractivity contribution in [3.8, 4) is 6.07 Å². The van der Waals surface area contributed by atoms with Gasteiger partial charge in [-0.05, 0) is 43.7 Å². The molecule has 32 heavy (non-hydrogen) atoms. The molecule has 0 unspecified atom stereocenters. The molecule has 0 aliphatic heterocycles. The van der Waals surface area contributed by atoms with Gasteiger partial charge in [0.25, 0.3) is 5.95 Å². The molecule has 164 valence electrons. The van der Waals surface area contributed by atoms with Gasteiger partial charge >= 0.3 is 0 Å². The summed E-state index contributed by atoms with van der Waals surface area (Å²) < 4.78 is 1.25. The van der Waals surface area contributed by atoms with E-state index in [-0.39, 0.29) is 17.6 Å². The van der Waals surface area contributed by atoms with Gasteiger partial charge in [-0.15, -0.1) is 21.5 Å². The summed E-state index contributed by atoms with van der Waals surface area (Å²) in [6.45, 7) is 1.87. The Labute approximate surface area is 193 Å². The van der Waals surface area contributed by atoms with Crippen LogP contribution in [-0.2, 0) is 17.6 Å². The third kappa shape index (κ3) is 4.76. The van der Waals surface area contributed by atoms with E-state index in [4.69, 9.17) is 5.84 Å². The van der Waals surface area contributed by atoms with Crippen molar-refractivity contribution in [2.24, 2.45) is 5.10 Å². The molecule has 4 rings (SSSR count). The van der Waals surface area contributed by atoms with Crippen LogP contribution in [0.15, 0.2) is 40.6 Å². The number of aromatic nitrogens is 3. The van der Waals surface area contributed by atoms with E-state index in [0.717, 1.165) is 54.3 Å². The summed E-state index contributed by atoms with van der Waals surface area (Å²) in [5.74, 6) is 6.18. The van der Waals surface area contributed by atoms with E-state index >= 15 is 0 Å². The van der Waals surface area contributed by atoms with Gasteiger partial charge in [0.05, 0.1) is 17.0 Å². The van der Waals surface area contributed by atoms with Crippen LogP contribution < -0.4 is 16.6 Å². The molecule has 1 amide bonds. The Morgan fingerprint density at radius 2 is 2.09 bits per heavy atom. The molecule has 1 aliphatic carbocycles. The van der Waals surface area contributed by atoms with Gasteiger partial charge in [0.1, 0.15) is 11.1 Å². The molecule has 0 radical (unpaired) electrons. The topological polar surface area (TPSA) is 134 Å². The van der Waals surface area contributed by atoms with Crippen LogP contribution in [0.2, 0.25) is 0 Å². The van der Waals surface area contributed by atoms with Crippen LogP contribution in [0.4, 0.5) is 10.9 Å². The maximum absolute atomic E-state index is 12.5. The Morgan fingerprint density at radius 3 is 2.88 bits per heavy atom. The van der Waals surface area contributed by atoms with Crippen LogP contribution in [0, 0.1) is 11.3 Å². The van der Waals surface area contributed by atoms with Crippen LogP contribution in [-0.4, -0.2) is 32.2 Å². The highest BCUT2D eigenvalue weighted by atomic mass is 32.2. The predicted molar refractivity (Wildman–Crippen MR) is 127 cm³/mol. The molecule has 0 saturated carbocycles. The first-order chi connectivity index (χ1) is 15.6. The molecule has 2 aromatic heterocycles. The van der Waals surface area contributed by atoms with Crippen molar-refractivity contribution in [3.05, 3.63) is 51.9 Å². The number of amides is 1. The third-order valence-corrected chi connectivity index (χ3v) is 7.20. The number of benzene rings is 1. The van der Waals surface area contributed by atoms with Gasteiger partial charge in [-0.2, -0.15) is 10.4 Å². The Bertz CT molecular complexity index is 1190. The van der Waals surface area contributed by atoms with Gasteiger partial charge in [-0.3, -0.25) is 4.79 Å². The van der Waals surface area contributed by atoms with E-state index in [1.54, 1.807) is 0 Å². The maximum Gasteiger partial charge on any atom is 0.264 e. The zero-order valence-corrected chi connectivity index (χ0v) is 19.1. The number of carbonyl (C=O) groups excluding carboxylic acids is 1. The third-order valence-electron chi connectivity index (χ3n) is 5.05. The molecule has 0 fully saturated rings. The molecule has 0 atom stereocenters. The summed E-state index contributed by atoms with van der Waals surface area (Å²) in [4.78, 5) is 13.7. The number of thiophene rings is 1. The molecule has 0 saturated heterocycles. The van der Waals surface area contributed by atoms with E-state index < -0.39 is 0 Å². The van der Waals surface area contributed by atoms with Crippen molar-refractivity contribution >= 4 is 45.7 Å². The van der Waals surface area contributed by atoms with E-state index in [0.29, 0.717) is 15.7 Å². The second-order valence-electron chi connectivity index (χ2n) is 7.21. The Kier molecular flexibility index (Phi) is 6.72. The number of nitrogen functional groups attached to an aromatic ring is 1. The molecule has 1 aromatic carbocycles. The molecule has 1 aliphatic rings. The summed E-state index contributed by atoms with van der Waals surface area (Å²) in [6.07, 6.45) is 4.08. The molecule has 2 heterocycles. The lowest BCUT2D eigenvalue weighted by molar-refractivity contribution is -0.113. The first-order valence-electron chi connectivity index (χ1n) is 10.1. The number of nitriles is 1. The number of aryl methyl sites for hydroxylation is 1. The van der Waals surface area contributed by atoms with Gasteiger partial charge in [0.15, 0.2) is 0 Å². The predicted octanol–water partition coefficient (Wildman–Crippen LogP) is 3.37. The molecule has 4 N–H and O–H groups in total. The van der Waals surface area contributed by atoms with Crippen molar-refractivity contribution in [3.63, 3.8) is 0 Å². The lowest BCUT2D eigenvalue weighted by Crippen LogP contribution is -2.17. The lowest BCUT2D eigenvalue weighted by Gasteiger charge is -2.09. The van der Waals surface area contributed by atoms with Crippen molar-refractivity contribution in [2.75, 3.05) is 22.3 Å². The zero-order valence-electron chi connectivity index (χ0n) is 17.5. The number of nitrogens with two attached hydrogens (primary N) is 1. The number of hydrogen-bond donors (Lipinski definition) is 3. The minimum absolute atomic E-state index is 0.0923. The van der Waals surface area contributed by atoms with Crippen molar-refractivity contribution in [1.82, 2.24) is 14.9 Å². The van der Waals surface area contributed by atoms with Gasteiger partial charge in [0.2, 0.25) is 11.1 Å². The van der Waals surface area contributed by atoms with Crippen LogP contribution >= 0.6 is 23.1 Å². The fourth-order valence-electron chi connectivity index (χ4n) is 3.39. The highest BCUT2D eigenvalue weighted by Gasteiger charge is 2.22. The Balaban J connectivity index is 1.36. The highest BCUT2D eigenvalue weighted by molar-refractivity contribution is 7.99. The van der Waals surface area contributed by atoms with Crippen LogP contribution in [0.25, 0.3) is 0 Å². The van der Waals surface area contributed by atoms with Crippen LogP contribution in [0.5, 0.6) is 0 Å². The summed E-state index contributed by atoms with van der Waals surface area (Å²) >= 11 is 2.66. The minimum Gasteiger partial charge on any atom is -0.334 e. The number of anilines is 2. The van der Waals surface area contributed by atoms with Crippen LogP contribution in [0.3, 0.4) is 0 Å². The van der Waals surface area contributed by atoms with E-state index in [1.807, 2.05) is 37.3 Å². The first-order valence-corrected chi connectivity index (χ1v) is 11.9. The molecule has 3 aromatic rings. The summed E-state index contributed by atoms with van der Waals surface area (Å²) in [6, 6.07) is 12.0. The standard InChI is InChI=1S/C21H22N8OS2/c1-13(14-7-3-2-4-8-14)25-26-20-27-28-21(29(20)23)31-12-18(30)24-19-16(11-22)15-9-5-6-10-17(15)32-19/h2-4,7-8H,5-6,9-10,12,23H2,1H3,(H,24,30)(H,26,27)/b25-13+. The van der Waals surface area contributed by atoms with E-state index in [9.17, 15) is 10.1 Å². The quantitative estimate of drug-likeness (QED) is 0.210. The average Bonchev–Trinajstić information content (AvgIpc) is 3.35. The fraction of sp³-hybridized carbons (Fsp3) is 0.286. The Morgan fingerprint density at radius 1 is 1.31 bits per heavy atom. The highest BCUT2D eigenvalue weighted by Crippen LogP contribution is 2.37. The summed E-state index contributed by atoms with van der Waals surface area (Å²) in [7, 11) is 0. The second-order valence-corrected chi connectivity index (χ2v) is 9.26. The molecule has 9 nitrogen and oxygen atoms in total. The van der Waals surface area contributed by atoms with Crippen molar-refractivity contribution < 1.29 is 4.79 Å². The number of hydrogen-bond acceptors (Lipinski definition) is 9. The SMILES string of the molecule is C/C(=N\Nc1nnc(SCC(=O)Nc2sc3c(c2C#N)CCCC3)n1N)c1ccccc1. The Hall–Kier alpha value is -3.36. The number of thioether (sulfide) groups is 1. The molecular formula is C21H22N8OS2. The summed E-state index contributed by atoms with van der Waals surface area (Å²) in [5, 5.41) is 25.7. The number of nitrogens with zero attached hydrogens (tertiary/aromatic N) is 5. The normalized spacial score (nSPS) is 13.3. The molecular weight excluding hydrogens is 444 g/mol. The molecule has 0 spiro atoms. The van der Waals surface area contributed by atoms with Crippen LogP contribution in [0.1, 0.15) is 41.3 Å². The van der Waals surface area contributed by atoms with Crippen molar-refractivity contribution in [2.45, 2.75) is 37.8 Å². The smallest absolute Gasteiger partial charge is 0.264 e. The summed E-state index contributed by atoms with van der Waals surface area (Å²) in [5.41, 5.74) is 6.24. The lowest BCUT2D eigenvalue weighted by atomic mass is 9.96. The van der Waals surface area contributed by atoms with E-state index in [2.05, 4.69) is 32.1 Å². The van der Waals surface area contributed by atoms with Gasteiger partial charge in [-0.25, -0.2) is 10.1 Å². The van der Waals surface area contributed by atoms with Gasteiger partial charge < -0.3 is 11.2 Å². The molecule has 0 bridgehead atoms. The van der Waals surface area contributed by atoms with Gasteiger partial charge in [-0.1, -0.05) is 42.1 Å². The maximum atomic E-state index is 12.5. The largest absolute Gasteiger partial charge is 0.334 e. The number of nitrogens with one attached hydrogen (secondary N) is 2. The number of fused-ring (bicyclic) bond motifs is 1. The molecule has 11 heteroatoms. The number of rotatable bonds is 7. The van der Waals surface area contributed by atoms with Crippen molar-refractivity contribution in [1.29, 1.82) is 5.26 Å². The zero-order chi connectivity index (χ0) is 22.5. The number of hydrazone groups is 1. The second kappa shape index (κ2) is 9.84. The fourth-order valence-corrected chi connectivity index (χ4v) is 5.31. The average molecular weight is 467 g/mol. The monoisotopic (exact) mass is 466 g/mol. The first kappa shape index (κ1) is 21.9. The minimum atomic E-state index is -0.222. The van der Waals surface area contributed by atoms with E-state index in [1.165, 1.54) is 20.9 Å². The number of carbonyl (C=O) groups is 1.